The van der Waals surface area contributed by atoms with Crippen molar-refractivity contribution in [3.8, 4) is 0 Å². The van der Waals surface area contributed by atoms with Crippen LogP contribution in [0.2, 0.25) is 0 Å². The van der Waals surface area contributed by atoms with Crippen LogP contribution in [-0.4, -0.2) is 27.3 Å². The van der Waals surface area contributed by atoms with Gasteiger partial charge < -0.3 is 5.32 Å². The molecule has 0 bridgehead atoms. The second kappa shape index (κ2) is 5.37. The molecule has 0 aliphatic heterocycles. The summed E-state index contributed by atoms with van der Waals surface area (Å²) in [5.41, 5.74) is 1.40. The number of tetrazole rings is 1. The van der Waals surface area contributed by atoms with E-state index in [0.29, 0.717) is 0 Å². The summed E-state index contributed by atoms with van der Waals surface area (Å²) >= 11 is 1.79. The fraction of sp³-hybridized carbons (Fsp3) is 0.545. The van der Waals surface area contributed by atoms with Crippen molar-refractivity contribution in [2.24, 2.45) is 7.05 Å². The third kappa shape index (κ3) is 2.70. The van der Waals surface area contributed by atoms with Crippen LogP contribution in [0.3, 0.4) is 0 Å². The van der Waals surface area contributed by atoms with Gasteiger partial charge in [0, 0.05) is 17.3 Å². The largest absolute Gasteiger partial charge is 0.312 e. The molecule has 0 fully saturated rings. The van der Waals surface area contributed by atoms with Gasteiger partial charge in [0.1, 0.15) is 0 Å². The van der Waals surface area contributed by atoms with Crippen molar-refractivity contribution in [3.05, 3.63) is 27.7 Å². The van der Waals surface area contributed by atoms with Gasteiger partial charge in [-0.15, -0.1) is 21.5 Å². The minimum Gasteiger partial charge on any atom is -0.312 e. The van der Waals surface area contributed by atoms with E-state index in [-0.39, 0.29) is 6.04 Å². The van der Waals surface area contributed by atoms with E-state index in [9.17, 15) is 0 Å². The first-order valence-corrected chi connectivity index (χ1v) is 6.59. The standard InChI is InChI=1S/C11H17N5S/c1-4-8-5-6-17-11(8)9(12-2)7-10-13-15-16(3)14-10/h5-6,9,12H,4,7H2,1-3H3. The third-order valence-corrected chi connectivity index (χ3v) is 3.84. The molecule has 2 aromatic rings. The van der Waals surface area contributed by atoms with Crippen LogP contribution in [0.4, 0.5) is 0 Å². The van der Waals surface area contributed by atoms with Crippen molar-refractivity contribution in [2.45, 2.75) is 25.8 Å². The van der Waals surface area contributed by atoms with Gasteiger partial charge >= 0.3 is 0 Å². The predicted molar refractivity (Wildman–Crippen MR) is 68.0 cm³/mol. The van der Waals surface area contributed by atoms with Crippen LogP contribution in [-0.2, 0) is 19.9 Å². The second-order valence-electron chi connectivity index (χ2n) is 3.90. The molecule has 0 aliphatic rings. The predicted octanol–water partition coefficient (Wildman–Crippen LogP) is 1.34. The van der Waals surface area contributed by atoms with Crippen molar-refractivity contribution in [1.82, 2.24) is 25.5 Å². The van der Waals surface area contributed by atoms with Gasteiger partial charge in [-0.2, -0.15) is 4.80 Å². The molecule has 0 saturated carbocycles. The summed E-state index contributed by atoms with van der Waals surface area (Å²) in [6.07, 6.45) is 1.84. The Labute approximate surface area is 105 Å². The maximum Gasteiger partial charge on any atom is 0.176 e. The Balaban J connectivity index is 2.16. The van der Waals surface area contributed by atoms with Crippen LogP contribution in [0.1, 0.15) is 29.2 Å². The zero-order valence-electron chi connectivity index (χ0n) is 10.3. The summed E-state index contributed by atoms with van der Waals surface area (Å²) in [7, 11) is 3.76. The summed E-state index contributed by atoms with van der Waals surface area (Å²) in [5, 5.41) is 17.6. The first-order valence-electron chi connectivity index (χ1n) is 5.71. The van der Waals surface area contributed by atoms with E-state index in [1.54, 1.807) is 18.4 Å². The molecule has 2 rings (SSSR count). The van der Waals surface area contributed by atoms with Crippen molar-refractivity contribution in [2.75, 3.05) is 7.05 Å². The molecule has 17 heavy (non-hydrogen) atoms. The number of nitrogens with zero attached hydrogens (tertiary/aromatic N) is 4. The van der Waals surface area contributed by atoms with E-state index >= 15 is 0 Å². The van der Waals surface area contributed by atoms with Crippen LogP contribution in [0.5, 0.6) is 0 Å². The molecule has 2 heterocycles. The molecule has 2 aromatic heterocycles. The molecule has 0 amide bonds. The number of hydrogen-bond donors (Lipinski definition) is 1. The van der Waals surface area contributed by atoms with E-state index < -0.39 is 0 Å². The number of aryl methyl sites for hydroxylation is 2. The van der Waals surface area contributed by atoms with E-state index in [0.717, 1.165) is 18.7 Å². The van der Waals surface area contributed by atoms with Gasteiger partial charge in [0.2, 0.25) is 0 Å². The Kier molecular flexibility index (Phi) is 3.86. The zero-order valence-corrected chi connectivity index (χ0v) is 11.2. The van der Waals surface area contributed by atoms with E-state index in [4.69, 9.17) is 0 Å². The first-order chi connectivity index (χ1) is 8.24. The molecule has 0 saturated heterocycles. The van der Waals surface area contributed by atoms with Crippen LogP contribution < -0.4 is 5.32 Å². The molecule has 1 N–H and O–H groups in total. The number of thiophene rings is 1. The molecule has 0 aliphatic carbocycles. The second-order valence-corrected chi connectivity index (χ2v) is 4.85. The normalized spacial score (nSPS) is 12.9. The molecule has 5 nitrogen and oxygen atoms in total. The monoisotopic (exact) mass is 251 g/mol. The Hall–Kier alpha value is -1.27. The Morgan fingerprint density at radius 2 is 2.35 bits per heavy atom. The van der Waals surface area contributed by atoms with Gasteiger partial charge in [-0.25, -0.2) is 0 Å². The lowest BCUT2D eigenvalue weighted by Crippen LogP contribution is -2.19. The van der Waals surface area contributed by atoms with Crippen molar-refractivity contribution in [1.29, 1.82) is 0 Å². The fourth-order valence-electron chi connectivity index (χ4n) is 1.86. The highest BCUT2D eigenvalue weighted by molar-refractivity contribution is 7.10. The molecule has 0 spiro atoms. The minimum absolute atomic E-state index is 0.272. The quantitative estimate of drug-likeness (QED) is 0.871. The first kappa shape index (κ1) is 12.2. The Morgan fingerprint density at radius 3 is 2.94 bits per heavy atom. The maximum absolute atomic E-state index is 4.22. The highest BCUT2D eigenvalue weighted by Crippen LogP contribution is 2.26. The summed E-state index contributed by atoms with van der Waals surface area (Å²) < 4.78 is 0. The topological polar surface area (TPSA) is 55.6 Å². The lowest BCUT2D eigenvalue weighted by molar-refractivity contribution is 0.575. The average Bonchev–Trinajstić information content (AvgIpc) is 2.94. The van der Waals surface area contributed by atoms with E-state index in [1.165, 1.54) is 15.2 Å². The lowest BCUT2D eigenvalue weighted by Gasteiger charge is -2.14. The SMILES string of the molecule is CCc1ccsc1C(Cc1nnn(C)n1)NC. The maximum atomic E-state index is 4.22. The average molecular weight is 251 g/mol. The van der Waals surface area contributed by atoms with Crippen molar-refractivity contribution in [3.63, 3.8) is 0 Å². The molecule has 0 aromatic carbocycles. The summed E-state index contributed by atoms with van der Waals surface area (Å²) in [6, 6.07) is 2.46. The summed E-state index contributed by atoms with van der Waals surface area (Å²) in [5.74, 6) is 0.780. The number of rotatable bonds is 5. The van der Waals surface area contributed by atoms with Gasteiger partial charge in [0.05, 0.1) is 7.05 Å². The van der Waals surface area contributed by atoms with Crippen molar-refractivity contribution < 1.29 is 0 Å². The lowest BCUT2D eigenvalue weighted by atomic mass is 10.1. The number of likely N-dealkylation sites (N-methyl/N-ethyl adjacent to an activating group) is 1. The van der Waals surface area contributed by atoms with Gasteiger partial charge in [0.25, 0.3) is 0 Å². The molecular formula is C11H17N5S. The smallest absolute Gasteiger partial charge is 0.176 e. The van der Waals surface area contributed by atoms with E-state index in [2.05, 4.69) is 39.1 Å². The summed E-state index contributed by atoms with van der Waals surface area (Å²) in [4.78, 5) is 2.87. The number of hydrogen-bond acceptors (Lipinski definition) is 5. The molecule has 6 heteroatoms. The highest BCUT2D eigenvalue weighted by atomic mass is 32.1. The van der Waals surface area contributed by atoms with Gasteiger partial charge in [-0.05, 0) is 35.7 Å². The van der Waals surface area contributed by atoms with Crippen LogP contribution in [0.25, 0.3) is 0 Å². The van der Waals surface area contributed by atoms with Crippen LogP contribution in [0, 0.1) is 0 Å². The van der Waals surface area contributed by atoms with Crippen LogP contribution in [0.15, 0.2) is 11.4 Å². The fourth-order valence-corrected chi connectivity index (χ4v) is 2.97. The van der Waals surface area contributed by atoms with E-state index in [1.807, 2.05) is 7.05 Å². The molecule has 1 atom stereocenters. The zero-order chi connectivity index (χ0) is 12.3. The van der Waals surface area contributed by atoms with Gasteiger partial charge in [-0.3, -0.25) is 0 Å². The number of nitrogens with one attached hydrogen (secondary N) is 1. The number of aromatic nitrogens is 4. The van der Waals surface area contributed by atoms with Crippen molar-refractivity contribution >= 4 is 11.3 Å². The van der Waals surface area contributed by atoms with Crippen LogP contribution >= 0.6 is 11.3 Å². The summed E-state index contributed by atoms with van der Waals surface area (Å²) in [6.45, 7) is 2.18. The Bertz CT molecular complexity index is 476. The highest BCUT2D eigenvalue weighted by Gasteiger charge is 2.17. The molecule has 0 radical (unpaired) electrons. The Morgan fingerprint density at radius 1 is 1.53 bits per heavy atom. The third-order valence-electron chi connectivity index (χ3n) is 2.76. The molecular weight excluding hydrogens is 234 g/mol. The molecule has 1 unspecified atom stereocenters. The minimum atomic E-state index is 0.272. The molecule has 92 valence electrons. The van der Waals surface area contributed by atoms with Gasteiger partial charge in [-0.1, -0.05) is 6.92 Å². The van der Waals surface area contributed by atoms with Gasteiger partial charge in [0.15, 0.2) is 5.82 Å².